The fourth-order valence-electron chi connectivity index (χ4n) is 8.46. The van der Waals surface area contributed by atoms with Gasteiger partial charge >= 0.3 is 0 Å². The van der Waals surface area contributed by atoms with Gasteiger partial charge in [-0.15, -0.1) is 0 Å². The van der Waals surface area contributed by atoms with Crippen LogP contribution in [-0.4, -0.2) is 13.7 Å². The third-order valence-electron chi connectivity index (χ3n) is 10.7. The van der Waals surface area contributed by atoms with E-state index in [1.54, 1.807) is 0 Å². The zero-order chi connectivity index (χ0) is 33.5. The summed E-state index contributed by atoms with van der Waals surface area (Å²) in [7, 11) is 0. The van der Waals surface area contributed by atoms with Gasteiger partial charge in [0, 0.05) is 38.0 Å². The van der Waals surface area contributed by atoms with E-state index in [0.717, 1.165) is 5.82 Å². The minimum Gasteiger partial charge on any atom is -0.347 e. The smallest absolute Gasteiger partial charge is 0.124 e. The molecule has 0 radical (unpaired) electrons. The van der Waals surface area contributed by atoms with E-state index in [9.17, 15) is 0 Å². The number of hydrogen-bond donors (Lipinski definition) is 1. The summed E-state index contributed by atoms with van der Waals surface area (Å²) in [6.45, 7) is 0. The fraction of sp³-hybridized carbons (Fsp3) is 0.0213. The number of allylic oxidation sites excluding steroid dienone is 2. The van der Waals surface area contributed by atoms with Crippen LogP contribution in [-0.2, 0) is 0 Å². The molecule has 0 amide bonds. The summed E-state index contributed by atoms with van der Waals surface area (Å²) in [6, 6.07) is 59.4. The number of benzene rings is 7. The molecule has 4 heterocycles. The van der Waals surface area contributed by atoms with E-state index in [1.807, 2.05) is 0 Å². The maximum Gasteiger partial charge on any atom is 0.124 e. The Kier molecular flexibility index (Phi) is 5.98. The van der Waals surface area contributed by atoms with Crippen molar-refractivity contribution in [3.8, 4) is 16.8 Å². The first-order valence-electron chi connectivity index (χ1n) is 17.6. The van der Waals surface area contributed by atoms with Crippen LogP contribution in [0.5, 0.6) is 0 Å². The van der Waals surface area contributed by atoms with Crippen molar-refractivity contribution in [2.45, 2.75) is 6.17 Å². The molecular weight excluding hydrogens is 621 g/mol. The number of nitrogens with zero attached hydrogens (tertiary/aromatic N) is 3. The Hall–Kier alpha value is -6.78. The van der Waals surface area contributed by atoms with Gasteiger partial charge in [-0.05, 0) is 83.9 Å². The molecule has 240 valence electrons. The van der Waals surface area contributed by atoms with Crippen LogP contribution < -0.4 is 5.32 Å². The molecule has 1 aliphatic rings. The molecule has 4 heteroatoms. The van der Waals surface area contributed by atoms with E-state index in [0.29, 0.717) is 0 Å². The van der Waals surface area contributed by atoms with Gasteiger partial charge in [0.2, 0.25) is 0 Å². The first-order chi connectivity index (χ1) is 25.3. The molecule has 0 saturated heterocycles. The van der Waals surface area contributed by atoms with Crippen LogP contribution in [0, 0.1) is 0 Å². The lowest BCUT2D eigenvalue weighted by Gasteiger charge is -2.26. The Balaban J connectivity index is 1.04. The van der Waals surface area contributed by atoms with Gasteiger partial charge in [-0.2, -0.15) is 0 Å². The molecule has 1 unspecified atom stereocenters. The van der Waals surface area contributed by atoms with E-state index in [-0.39, 0.29) is 6.17 Å². The van der Waals surface area contributed by atoms with E-state index >= 15 is 0 Å². The molecule has 1 atom stereocenters. The number of rotatable bonds is 4. The fourth-order valence-corrected chi connectivity index (χ4v) is 8.46. The zero-order valence-corrected chi connectivity index (χ0v) is 27.7. The molecule has 10 aromatic rings. The number of dihydropyridines is 1. The van der Waals surface area contributed by atoms with Gasteiger partial charge in [0.15, 0.2) is 0 Å². The first kappa shape index (κ1) is 28.1. The van der Waals surface area contributed by atoms with E-state index in [4.69, 9.17) is 0 Å². The molecule has 3 aromatic heterocycles. The van der Waals surface area contributed by atoms with Crippen LogP contribution in [0.1, 0.15) is 6.17 Å². The Labute approximate surface area is 294 Å². The van der Waals surface area contributed by atoms with Crippen LogP contribution in [0.3, 0.4) is 0 Å². The standard InChI is InChI=1S/C47H32N4/c1-2-13-33(14-3-1)49-40-19-8-6-17-36(40)38-29-31(25-27-44(38)49)32-26-28-45-39(30-32)37-18-7-11-22-43(37)51(45)47-24-12-23-46(48-47)50-41-20-9-4-15-34(41)35-16-5-10-21-42(35)50/h1-30,47-48H. The van der Waals surface area contributed by atoms with Crippen LogP contribution >= 0.6 is 0 Å². The highest BCUT2D eigenvalue weighted by Gasteiger charge is 2.22. The number of nitrogens with one attached hydrogen (secondary N) is 1. The quantitative estimate of drug-likeness (QED) is 0.201. The average Bonchev–Trinajstić information content (AvgIpc) is 3.83. The van der Waals surface area contributed by atoms with Crippen LogP contribution in [0.4, 0.5) is 0 Å². The lowest BCUT2D eigenvalue weighted by molar-refractivity contribution is 0.577. The zero-order valence-electron chi connectivity index (χ0n) is 27.7. The molecule has 7 aromatic carbocycles. The molecule has 11 rings (SSSR count). The highest BCUT2D eigenvalue weighted by molar-refractivity contribution is 6.13. The Bertz CT molecular complexity index is 3010. The summed E-state index contributed by atoms with van der Waals surface area (Å²) >= 11 is 0. The Morgan fingerprint density at radius 1 is 0.392 bits per heavy atom. The predicted octanol–water partition coefficient (Wildman–Crippen LogP) is 11.8. The highest BCUT2D eigenvalue weighted by Crippen LogP contribution is 2.39. The van der Waals surface area contributed by atoms with Crippen molar-refractivity contribution in [3.63, 3.8) is 0 Å². The lowest BCUT2D eigenvalue weighted by atomic mass is 10.0. The van der Waals surface area contributed by atoms with Gasteiger partial charge in [-0.1, -0.05) is 109 Å². The first-order valence-corrected chi connectivity index (χ1v) is 17.6. The van der Waals surface area contributed by atoms with Gasteiger partial charge in [-0.25, -0.2) is 0 Å². The van der Waals surface area contributed by atoms with Gasteiger partial charge in [-0.3, -0.25) is 4.57 Å². The monoisotopic (exact) mass is 652 g/mol. The van der Waals surface area contributed by atoms with E-state index in [1.165, 1.54) is 82.2 Å². The minimum atomic E-state index is -0.0707. The van der Waals surface area contributed by atoms with Gasteiger partial charge < -0.3 is 14.5 Å². The van der Waals surface area contributed by atoms with Crippen LogP contribution in [0.2, 0.25) is 0 Å². The second-order valence-electron chi connectivity index (χ2n) is 13.4. The Morgan fingerprint density at radius 3 is 1.49 bits per heavy atom. The molecule has 0 bridgehead atoms. The largest absolute Gasteiger partial charge is 0.347 e. The number of para-hydroxylation sites is 5. The third kappa shape index (κ3) is 4.14. The molecule has 0 fully saturated rings. The normalized spacial score (nSPS) is 14.7. The highest BCUT2D eigenvalue weighted by atomic mass is 15.3. The lowest BCUT2D eigenvalue weighted by Crippen LogP contribution is -2.28. The maximum atomic E-state index is 3.92. The number of hydrogen-bond acceptors (Lipinski definition) is 1. The molecule has 51 heavy (non-hydrogen) atoms. The molecule has 1 N–H and O–H groups in total. The maximum absolute atomic E-state index is 3.92. The second kappa shape index (κ2) is 10.9. The van der Waals surface area contributed by atoms with Gasteiger partial charge in [0.25, 0.3) is 0 Å². The molecule has 0 saturated carbocycles. The second-order valence-corrected chi connectivity index (χ2v) is 13.4. The number of fused-ring (bicyclic) bond motifs is 9. The Morgan fingerprint density at radius 2 is 0.843 bits per heavy atom. The summed E-state index contributed by atoms with van der Waals surface area (Å²) in [5.74, 6) is 1.06. The SMILES string of the molecule is C1=CC(n2c3ccccc3c3cc(-c4ccc5c(c4)c4ccccc4n5-c4ccccc4)ccc32)NC(n2c3ccccc3c3ccccc32)=C1. The molecule has 0 spiro atoms. The summed E-state index contributed by atoms with van der Waals surface area (Å²) in [4.78, 5) is 0. The van der Waals surface area contributed by atoms with Crippen molar-refractivity contribution >= 4 is 71.2 Å². The van der Waals surface area contributed by atoms with Crippen molar-refractivity contribution < 1.29 is 0 Å². The third-order valence-corrected chi connectivity index (χ3v) is 10.7. The van der Waals surface area contributed by atoms with Crippen molar-refractivity contribution in [3.05, 3.63) is 182 Å². The van der Waals surface area contributed by atoms with Crippen molar-refractivity contribution in [2.24, 2.45) is 0 Å². The van der Waals surface area contributed by atoms with E-state index < -0.39 is 0 Å². The molecule has 4 nitrogen and oxygen atoms in total. The molecule has 0 aliphatic carbocycles. The average molecular weight is 653 g/mol. The molecular formula is C47H32N4. The minimum absolute atomic E-state index is 0.0707. The van der Waals surface area contributed by atoms with Crippen LogP contribution in [0.25, 0.3) is 88.1 Å². The van der Waals surface area contributed by atoms with Crippen molar-refractivity contribution in [2.75, 3.05) is 0 Å². The van der Waals surface area contributed by atoms with E-state index in [2.05, 4.69) is 201 Å². The summed E-state index contributed by atoms with van der Waals surface area (Å²) < 4.78 is 7.18. The van der Waals surface area contributed by atoms with Gasteiger partial charge in [0.05, 0.1) is 33.1 Å². The number of aromatic nitrogens is 3. The van der Waals surface area contributed by atoms with Crippen LogP contribution in [0.15, 0.2) is 182 Å². The van der Waals surface area contributed by atoms with Crippen molar-refractivity contribution in [1.29, 1.82) is 0 Å². The van der Waals surface area contributed by atoms with Crippen molar-refractivity contribution in [1.82, 2.24) is 19.0 Å². The topological polar surface area (TPSA) is 26.8 Å². The van der Waals surface area contributed by atoms with Gasteiger partial charge in [0.1, 0.15) is 12.0 Å². The predicted molar refractivity (Wildman–Crippen MR) is 214 cm³/mol. The summed E-state index contributed by atoms with van der Waals surface area (Å²) in [6.07, 6.45) is 6.56. The molecule has 1 aliphatic heterocycles. The summed E-state index contributed by atoms with van der Waals surface area (Å²) in [5.41, 5.74) is 10.8. The summed E-state index contributed by atoms with van der Waals surface area (Å²) in [5, 5.41) is 11.5.